The van der Waals surface area contributed by atoms with E-state index in [-0.39, 0.29) is 39.1 Å². The van der Waals surface area contributed by atoms with Crippen LogP contribution in [0.1, 0.15) is 52.8 Å². The van der Waals surface area contributed by atoms with E-state index in [1.54, 1.807) is 7.05 Å². The Balaban J connectivity index is 1.87. The number of benzene rings is 2. The van der Waals surface area contributed by atoms with Crippen molar-refractivity contribution in [1.29, 1.82) is 0 Å². The van der Waals surface area contributed by atoms with Gasteiger partial charge in [-0.15, -0.1) is 0 Å². The number of carbonyl (C=O) groups excluding carboxylic acids is 1. The summed E-state index contributed by atoms with van der Waals surface area (Å²) in [7, 11) is -2.35. The zero-order valence-electron chi connectivity index (χ0n) is 18.1. The van der Waals surface area contributed by atoms with Crippen LogP contribution in [0.2, 0.25) is 0 Å². The predicted molar refractivity (Wildman–Crippen MR) is 123 cm³/mol. The molecule has 1 N–H and O–H groups in total. The van der Waals surface area contributed by atoms with Gasteiger partial charge in [0.1, 0.15) is 0 Å². The van der Waals surface area contributed by atoms with Gasteiger partial charge in [0.25, 0.3) is 0 Å². The van der Waals surface area contributed by atoms with Gasteiger partial charge in [-0.1, -0.05) is 0 Å². The normalized spacial score (nSPS) is 21.3. The molecule has 1 fully saturated rings. The van der Waals surface area contributed by atoms with Gasteiger partial charge in [0.05, 0.1) is 0 Å². The van der Waals surface area contributed by atoms with Crippen molar-refractivity contribution in [2.24, 2.45) is 5.92 Å². The SMILES string of the molecule is CN1[C@H](C2CCCCC2)C[N]([Pb])c2cc(F)c(-c3cc(C(=O)O)ccc3C=O)cc2S1(=O)=O. The maximum absolute atomic E-state index is 15.3. The number of hydrogen-bond acceptors (Lipinski definition) is 5. The van der Waals surface area contributed by atoms with Crippen molar-refractivity contribution < 1.29 is 27.5 Å². The minimum absolute atomic E-state index is 0.0210. The van der Waals surface area contributed by atoms with E-state index in [1.807, 2.05) is 2.71 Å². The molecule has 1 saturated carbocycles. The Kier molecular flexibility index (Phi) is 6.93. The zero-order chi connectivity index (χ0) is 23.9. The summed E-state index contributed by atoms with van der Waals surface area (Å²) in [6.07, 6.45) is 5.77. The number of fused-ring (bicyclic) bond motifs is 1. The zero-order valence-corrected chi connectivity index (χ0v) is 22.8. The summed E-state index contributed by atoms with van der Waals surface area (Å²) in [5.41, 5.74) is 0.223. The number of anilines is 1. The number of aromatic carboxylic acids is 1. The second-order valence-electron chi connectivity index (χ2n) is 8.62. The summed E-state index contributed by atoms with van der Waals surface area (Å²) in [5, 5.41) is 9.34. The first-order valence-corrected chi connectivity index (χ1v) is 14.0. The molecule has 2 aromatic carbocycles. The second-order valence-corrected chi connectivity index (χ2v) is 12.7. The van der Waals surface area contributed by atoms with Gasteiger partial charge in [-0.25, -0.2) is 0 Å². The Labute approximate surface area is 208 Å². The van der Waals surface area contributed by atoms with Crippen LogP contribution in [-0.2, 0) is 10.0 Å². The fourth-order valence-electron chi connectivity index (χ4n) is 4.89. The van der Waals surface area contributed by atoms with E-state index in [1.165, 1.54) is 34.6 Å². The number of nitrogens with zero attached hydrogens (tertiary/aromatic N) is 2. The maximum atomic E-state index is 15.3. The Morgan fingerprint density at radius 3 is 2.48 bits per heavy atom. The minimum atomic E-state index is -3.94. The number of carboxylic acid groups (broad SMARTS) is 1. The van der Waals surface area contributed by atoms with Crippen LogP contribution in [0, 0.1) is 11.7 Å². The molecular formula is C23H24FN2O5PbS. The first kappa shape index (κ1) is 24.3. The molecule has 1 atom stereocenters. The van der Waals surface area contributed by atoms with Gasteiger partial charge in [-0.3, -0.25) is 0 Å². The number of hydrogen-bond donors (Lipinski definition) is 1. The molecule has 0 unspecified atom stereocenters. The number of halogens is 1. The third kappa shape index (κ3) is 4.46. The molecule has 173 valence electrons. The monoisotopic (exact) mass is 667 g/mol. The fraction of sp³-hybridized carbons (Fsp3) is 0.391. The summed E-state index contributed by atoms with van der Waals surface area (Å²) in [6.45, 7) is 0.506. The third-order valence-corrected chi connectivity index (χ3v) is 10.3. The average Bonchev–Trinajstić information content (AvgIpc) is 2.87. The number of likely N-dealkylation sites (N-methyl/N-ethyl adjacent to an activating group) is 1. The van der Waals surface area contributed by atoms with Gasteiger partial charge < -0.3 is 0 Å². The van der Waals surface area contributed by atoms with Crippen molar-refractivity contribution in [2.45, 2.75) is 43.0 Å². The quantitative estimate of drug-likeness (QED) is 0.397. The first-order valence-electron chi connectivity index (χ1n) is 10.8. The molecule has 1 heterocycles. The molecule has 0 saturated heterocycles. The molecule has 3 radical (unpaired) electrons. The Bertz CT molecular complexity index is 1210. The predicted octanol–water partition coefficient (Wildman–Crippen LogP) is 3.48. The molecule has 1 aliphatic carbocycles. The fourth-order valence-corrected chi connectivity index (χ4v) is 8.26. The summed E-state index contributed by atoms with van der Waals surface area (Å²) >= 11 is 0.507. The summed E-state index contributed by atoms with van der Waals surface area (Å²) in [5.74, 6) is -1.67. The molecule has 0 bridgehead atoms. The van der Waals surface area contributed by atoms with E-state index in [0.717, 1.165) is 32.1 Å². The molecule has 10 heteroatoms. The topological polar surface area (TPSA) is 95.0 Å². The van der Waals surface area contributed by atoms with Crippen LogP contribution >= 0.6 is 0 Å². The van der Waals surface area contributed by atoms with E-state index in [2.05, 4.69) is 0 Å². The van der Waals surface area contributed by atoms with E-state index in [9.17, 15) is 23.1 Å². The number of carboxylic acids is 1. The molecule has 1 aliphatic heterocycles. The van der Waals surface area contributed by atoms with Crippen LogP contribution in [0.3, 0.4) is 0 Å². The van der Waals surface area contributed by atoms with Crippen LogP contribution in [-0.4, -0.2) is 75.8 Å². The molecule has 4 rings (SSSR count). The first-order chi connectivity index (χ1) is 15.6. The van der Waals surface area contributed by atoms with Gasteiger partial charge in [0.2, 0.25) is 0 Å². The second kappa shape index (κ2) is 9.42. The Hall–Kier alpha value is -1.86. The van der Waals surface area contributed by atoms with Gasteiger partial charge in [0.15, 0.2) is 0 Å². The van der Waals surface area contributed by atoms with Crippen LogP contribution in [0.5, 0.6) is 0 Å². The summed E-state index contributed by atoms with van der Waals surface area (Å²) in [4.78, 5) is 23.0. The van der Waals surface area contributed by atoms with Gasteiger partial charge in [0, 0.05) is 0 Å². The Morgan fingerprint density at radius 1 is 1.15 bits per heavy atom. The van der Waals surface area contributed by atoms with Crippen LogP contribution in [0.4, 0.5) is 10.1 Å². The summed E-state index contributed by atoms with van der Waals surface area (Å²) in [6, 6.07) is 6.01. The van der Waals surface area contributed by atoms with Crippen molar-refractivity contribution in [1.82, 2.24) is 4.31 Å². The van der Waals surface area contributed by atoms with E-state index in [0.29, 0.717) is 44.6 Å². The number of carbonyl (C=O) groups is 2. The van der Waals surface area contributed by atoms with Gasteiger partial charge in [-0.05, 0) is 0 Å². The number of sulfonamides is 1. The van der Waals surface area contributed by atoms with Crippen molar-refractivity contribution in [3.8, 4) is 11.1 Å². The molecule has 0 amide bonds. The van der Waals surface area contributed by atoms with Gasteiger partial charge >= 0.3 is 210 Å². The third-order valence-electron chi connectivity index (χ3n) is 6.74. The number of rotatable bonds is 4. The molecule has 2 aromatic rings. The molecule has 7 nitrogen and oxygen atoms in total. The van der Waals surface area contributed by atoms with E-state index in [4.69, 9.17) is 0 Å². The molecule has 0 spiro atoms. The van der Waals surface area contributed by atoms with Crippen molar-refractivity contribution in [3.05, 3.63) is 47.3 Å². The van der Waals surface area contributed by atoms with Crippen molar-refractivity contribution in [3.63, 3.8) is 0 Å². The van der Waals surface area contributed by atoms with Crippen molar-refractivity contribution in [2.75, 3.05) is 16.3 Å². The molecule has 2 aliphatic rings. The molecular weight excluding hydrogens is 643 g/mol. The average molecular weight is 667 g/mol. The van der Waals surface area contributed by atoms with Crippen LogP contribution in [0.15, 0.2) is 35.2 Å². The standard InChI is InChI=1S/C23H25FN2O5S.Pb/c1-26-21(14-5-3-2-4-6-14)12-25-20-11-19(24)18(10-22(20)32(26,30)31)17-9-15(23(28)29)7-8-16(17)13-27;/h7-11,13-14,21H,2-6,12H2,1H3,(H2,25,27,28,29);/q;+1/p-1/t21-;/m0./s1. The molecule has 0 aromatic heterocycles. The van der Waals surface area contributed by atoms with Gasteiger partial charge in [-0.2, -0.15) is 0 Å². The van der Waals surface area contributed by atoms with Crippen LogP contribution < -0.4 is 2.71 Å². The van der Waals surface area contributed by atoms with Crippen LogP contribution in [0.25, 0.3) is 11.1 Å². The van der Waals surface area contributed by atoms with E-state index >= 15 is 4.39 Å². The number of aldehydes is 1. The Morgan fingerprint density at radius 2 is 1.85 bits per heavy atom. The summed E-state index contributed by atoms with van der Waals surface area (Å²) < 4.78 is 46.0. The van der Waals surface area contributed by atoms with Crippen molar-refractivity contribution >= 4 is 54.0 Å². The van der Waals surface area contributed by atoms with E-state index < -0.39 is 21.8 Å². The molecule has 33 heavy (non-hydrogen) atoms.